The predicted octanol–water partition coefficient (Wildman–Crippen LogP) is 4.40. The molecular weight excluding hydrogens is 352 g/mol. The highest BCUT2D eigenvalue weighted by atomic mass is 16.2. The zero-order valence-corrected chi connectivity index (χ0v) is 16.1. The zero-order chi connectivity index (χ0) is 20.1. The van der Waals surface area contributed by atoms with Gasteiger partial charge in [0.1, 0.15) is 5.69 Å². The molecule has 3 rings (SSSR count). The fourth-order valence-corrected chi connectivity index (χ4v) is 2.84. The van der Waals surface area contributed by atoms with Crippen LogP contribution in [0, 0.1) is 6.92 Å². The molecule has 3 aromatic rings. The van der Waals surface area contributed by atoms with E-state index < -0.39 is 0 Å². The van der Waals surface area contributed by atoms with Crippen molar-refractivity contribution in [3.8, 4) is 0 Å². The van der Waals surface area contributed by atoms with Crippen molar-refractivity contribution in [2.75, 3.05) is 16.8 Å². The van der Waals surface area contributed by atoms with Gasteiger partial charge in [-0.15, -0.1) is 0 Å². The van der Waals surface area contributed by atoms with Gasteiger partial charge in [0.05, 0.1) is 0 Å². The average Bonchev–Trinajstić information content (AvgIpc) is 2.69. The highest BCUT2D eigenvalue weighted by Crippen LogP contribution is 2.19. The van der Waals surface area contributed by atoms with Gasteiger partial charge in [-0.25, -0.2) is 9.97 Å². The first-order chi connectivity index (χ1) is 13.5. The number of carbonyl (C=O) groups excluding carboxylic acids is 2. The van der Waals surface area contributed by atoms with Crippen molar-refractivity contribution in [3.05, 3.63) is 77.6 Å². The zero-order valence-electron chi connectivity index (χ0n) is 16.1. The number of Topliss-reactive ketones (excluding diaryl/α,β-unsaturated/α-hetero) is 1. The van der Waals surface area contributed by atoms with Crippen LogP contribution in [0.5, 0.6) is 0 Å². The number of hydrogen-bond donors (Lipinski definition) is 1. The lowest BCUT2D eigenvalue weighted by atomic mass is 10.1. The molecule has 0 saturated carbocycles. The van der Waals surface area contributed by atoms with E-state index in [1.165, 1.54) is 6.92 Å². The van der Waals surface area contributed by atoms with E-state index in [9.17, 15) is 9.59 Å². The van der Waals surface area contributed by atoms with E-state index in [2.05, 4.69) is 15.3 Å². The molecule has 0 aliphatic rings. The first-order valence-corrected chi connectivity index (χ1v) is 9.08. The standard InChI is InChI=1S/C22H22N4O2/c1-4-26(19-8-6-5-7-9-19)21(28)20-14-15(2)23-22(25-20)24-18-12-10-17(11-13-18)16(3)27/h5-14H,4H2,1-3H3,(H,23,24,25). The number of rotatable bonds is 6. The number of para-hydroxylation sites is 1. The van der Waals surface area contributed by atoms with Crippen molar-refractivity contribution >= 4 is 29.0 Å². The minimum Gasteiger partial charge on any atom is -0.324 e. The SMILES string of the molecule is CCN(C(=O)c1cc(C)nc(Nc2ccc(C(C)=O)cc2)n1)c1ccccc1. The maximum absolute atomic E-state index is 13.0. The summed E-state index contributed by atoms with van der Waals surface area (Å²) >= 11 is 0. The molecule has 0 radical (unpaired) electrons. The molecule has 1 N–H and O–H groups in total. The monoisotopic (exact) mass is 374 g/mol. The summed E-state index contributed by atoms with van der Waals surface area (Å²) in [5.41, 5.74) is 3.20. The fourth-order valence-electron chi connectivity index (χ4n) is 2.84. The highest BCUT2D eigenvalue weighted by Gasteiger charge is 2.19. The van der Waals surface area contributed by atoms with E-state index in [4.69, 9.17) is 0 Å². The summed E-state index contributed by atoms with van der Waals surface area (Å²) in [7, 11) is 0. The summed E-state index contributed by atoms with van der Waals surface area (Å²) in [6, 6.07) is 18.2. The second-order valence-corrected chi connectivity index (χ2v) is 6.36. The third kappa shape index (κ3) is 4.40. The Morgan fingerprint density at radius 2 is 1.68 bits per heavy atom. The Kier molecular flexibility index (Phi) is 5.79. The fraction of sp³-hybridized carbons (Fsp3) is 0.182. The minimum atomic E-state index is -0.186. The minimum absolute atomic E-state index is 0.00630. The second kappa shape index (κ2) is 8.43. The van der Waals surface area contributed by atoms with Gasteiger partial charge in [-0.05, 0) is 63.2 Å². The Morgan fingerprint density at radius 1 is 1.00 bits per heavy atom. The third-order valence-electron chi connectivity index (χ3n) is 4.25. The van der Waals surface area contributed by atoms with Crippen LogP contribution in [0.3, 0.4) is 0 Å². The number of carbonyl (C=O) groups is 2. The van der Waals surface area contributed by atoms with E-state index in [0.717, 1.165) is 11.4 Å². The number of nitrogens with one attached hydrogen (secondary N) is 1. The molecule has 1 amide bonds. The first kappa shape index (κ1) is 19.2. The number of aromatic nitrogens is 2. The Hall–Kier alpha value is -3.54. The molecule has 0 bridgehead atoms. The Labute approximate surface area is 164 Å². The second-order valence-electron chi connectivity index (χ2n) is 6.36. The highest BCUT2D eigenvalue weighted by molar-refractivity contribution is 6.05. The normalized spacial score (nSPS) is 10.4. The number of anilines is 3. The van der Waals surface area contributed by atoms with Crippen LogP contribution in [-0.2, 0) is 0 Å². The molecule has 0 fully saturated rings. The van der Waals surface area contributed by atoms with Gasteiger partial charge in [0.15, 0.2) is 5.78 Å². The van der Waals surface area contributed by atoms with Crippen LogP contribution < -0.4 is 10.2 Å². The lowest BCUT2D eigenvalue weighted by molar-refractivity contribution is 0.0981. The third-order valence-corrected chi connectivity index (χ3v) is 4.25. The summed E-state index contributed by atoms with van der Waals surface area (Å²) in [6.45, 7) is 5.80. The van der Waals surface area contributed by atoms with Crippen molar-refractivity contribution in [1.29, 1.82) is 0 Å². The summed E-state index contributed by atoms with van der Waals surface area (Å²) in [5.74, 6) is 0.157. The van der Waals surface area contributed by atoms with Crippen LogP contribution >= 0.6 is 0 Å². The smallest absolute Gasteiger partial charge is 0.277 e. The van der Waals surface area contributed by atoms with Gasteiger partial charge in [0, 0.05) is 29.2 Å². The van der Waals surface area contributed by atoms with Gasteiger partial charge in [-0.2, -0.15) is 0 Å². The molecule has 0 atom stereocenters. The maximum Gasteiger partial charge on any atom is 0.277 e. The largest absolute Gasteiger partial charge is 0.324 e. The number of amides is 1. The number of aryl methyl sites for hydroxylation is 1. The summed E-state index contributed by atoms with van der Waals surface area (Å²) < 4.78 is 0. The molecule has 1 aromatic heterocycles. The number of ketones is 1. The molecule has 6 heteroatoms. The maximum atomic E-state index is 13.0. The Balaban J connectivity index is 1.86. The molecule has 0 aliphatic carbocycles. The van der Waals surface area contributed by atoms with Crippen molar-refractivity contribution in [2.24, 2.45) is 0 Å². The molecule has 0 unspecified atom stereocenters. The lowest BCUT2D eigenvalue weighted by Gasteiger charge is -2.21. The topological polar surface area (TPSA) is 75.2 Å². The number of hydrogen-bond acceptors (Lipinski definition) is 5. The van der Waals surface area contributed by atoms with Gasteiger partial charge < -0.3 is 10.2 Å². The van der Waals surface area contributed by atoms with E-state index in [-0.39, 0.29) is 11.7 Å². The van der Waals surface area contributed by atoms with E-state index in [1.54, 1.807) is 35.2 Å². The van der Waals surface area contributed by atoms with Crippen molar-refractivity contribution in [2.45, 2.75) is 20.8 Å². The summed E-state index contributed by atoms with van der Waals surface area (Å²) in [5, 5.41) is 3.10. The Bertz CT molecular complexity index is 985. The molecule has 6 nitrogen and oxygen atoms in total. The van der Waals surface area contributed by atoms with Gasteiger partial charge in [-0.3, -0.25) is 9.59 Å². The molecule has 0 aliphatic heterocycles. The van der Waals surface area contributed by atoms with Gasteiger partial charge in [0.2, 0.25) is 5.95 Å². The van der Waals surface area contributed by atoms with Gasteiger partial charge in [-0.1, -0.05) is 18.2 Å². The molecule has 1 heterocycles. The lowest BCUT2D eigenvalue weighted by Crippen LogP contribution is -2.31. The van der Waals surface area contributed by atoms with Gasteiger partial charge in [0.25, 0.3) is 5.91 Å². The van der Waals surface area contributed by atoms with E-state index in [0.29, 0.717) is 29.4 Å². The van der Waals surface area contributed by atoms with Crippen LogP contribution in [-0.4, -0.2) is 28.2 Å². The van der Waals surface area contributed by atoms with E-state index >= 15 is 0 Å². The molecule has 28 heavy (non-hydrogen) atoms. The van der Waals surface area contributed by atoms with Crippen LogP contribution in [0.15, 0.2) is 60.7 Å². The van der Waals surface area contributed by atoms with Gasteiger partial charge >= 0.3 is 0 Å². The number of benzene rings is 2. The number of nitrogens with zero attached hydrogens (tertiary/aromatic N) is 3. The summed E-state index contributed by atoms with van der Waals surface area (Å²) in [4.78, 5) is 34.9. The molecule has 0 saturated heterocycles. The first-order valence-electron chi connectivity index (χ1n) is 9.08. The van der Waals surface area contributed by atoms with Crippen molar-refractivity contribution in [1.82, 2.24) is 9.97 Å². The molecule has 142 valence electrons. The van der Waals surface area contributed by atoms with Crippen LogP contribution in [0.2, 0.25) is 0 Å². The van der Waals surface area contributed by atoms with Crippen LogP contribution in [0.25, 0.3) is 0 Å². The average molecular weight is 374 g/mol. The molecular formula is C22H22N4O2. The van der Waals surface area contributed by atoms with Crippen molar-refractivity contribution < 1.29 is 9.59 Å². The molecule has 2 aromatic carbocycles. The Morgan fingerprint density at radius 3 is 2.29 bits per heavy atom. The van der Waals surface area contributed by atoms with Crippen LogP contribution in [0.1, 0.15) is 40.4 Å². The molecule has 0 spiro atoms. The van der Waals surface area contributed by atoms with E-state index in [1.807, 2.05) is 44.2 Å². The summed E-state index contributed by atoms with van der Waals surface area (Å²) in [6.07, 6.45) is 0. The quantitative estimate of drug-likeness (QED) is 0.647. The van der Waals surface area contributed by atoms with Crippen molar-refractivity contribution in [3.63, 3.8) is 0 Å². The van der Waals surface area contributed by atoms with Crippen LogP contribution in [0.4, 0.5) is 17.3 Å². The predicted molar refractivity (Wildman–Crippen MR) is 110 cm³/mol.